The average molecular weight is 363 g/mol. The monoisotopic (exact) mass is 363 g/mol. The molecule has 26 heavy (non-hydrogen) atoms. The second-order valence-corrected chi connectivity index (χ2v) is 7.17. The third-order valence-corrected chi connectivity index (χ3v) is 5.22. The van der Waals surface area contributed by atoms with E-state index in [0.29, 0.717) is 6.54 Å². The lowest BCUT2D eigenvalue weighted by Crippen LogP contribution is -2.02. The van der Waals surface area contributed by atoms with Gasteiger partial charge in [0.2, 0.25) is 0 Å². The van der Waals surface area contributed by atoms with Crippen LogP contribution in [0.3, 0.4) is 0 Å². The summed E-state index contributed by atoms with van der Waals surface area (Å²) >= 11 is 1.69. The summed E-state index contributed by atoms with van der Waals surface area (Å²) < 4.78 is 15.3. The molecule has 0 fully saturated rings. The van der Waals surface area contributed by atoms with Crippen LogP contribution in [-0.4, -0.2) is 14.5 Å². The van der Waals surface area contributed by atoms with Crippen molar-refractivity contribution in [2.75, 3.05) is 0 Å². The topological polar surface area (TPSA) is 30.7 Å². The van der Waals surface area contributed by atoms with E-state index in [0.717, 1.165) is 27.6 Å². The first-order chi connectivity index (χ1) is 12.7. The number of thioether (sulfide) groups is 1. The van der Waals surface area contributed by atoms with Gasteiger partial charge < -0.3 is 0 Å². The maximum absolute atomic E-state index is 13.2. The second-order valence-electron chi connectivity index (χ2n) is 6.23. The predicted octanol–water partition coefficient (Wildman–Crippen LogP) is 5.22. The molecule has 0 aliphatic rings. The van der Waals surface area contributed by atoms with Crippen molar-refractivity contribution in [2.24, 2.45) is 0 Å². The summed E-state index contributed by atoms with van der Waals surface area (Å²) in [6, 6.07) is 19.0. The zero-order valence-electron chi connectivity index (χ0n) is 14.4. The van der Waals surface area contributed by atoms with Crippen molar-refractivity contribution >= 4 is 22.9 Å². The number of nitrogens with zero attached hydrogens (tertiary/aromatic N) is 3. The number of hydrogen-bond acceptors (Lipinski definition) is 3. The highest BCUT2D eigenvalue weighted by molar-refractivity contribution is 7.98. The van der Waals surface area contributed by atoms with Crippen molar-refractivity contribution in [3.8, 4) is 0 Å². The molecule has 0 saturated heterocycles. The third kappa shape index (κ3) is 3.63. The number of benzene rings is 2. The molecular weight excluding hydrogens is 345 g/mol. The van der Waals surface area contributed by atoms with Crippen LogP contribution in [0.4, 0.5) is 4.39 Å². The molecule has 0 unspecified atom stereocenters. The van der Waals surface area contributed by atoms with Crippen LogP contribution in [0.1, 0.15) is 16.7 Å². The first-order valence-electron chi connectivity index (χ1n) is 8.43. The molecule has 0 aliphatic heterocycles. The molecule has 0 amide bonds. The minimum Gasteiger partial charge on any atom is -0.299 e. The SMILES string of the molecule is Cc1cccc(CSc2nc3cccnc3n2Cc2ccc(F)cc2)c1. The van der Waals surface area contributed by atoms with Crippen molar-refractivity contribution in [3.05, 3.63) is 89.4 Å². The van der Waals surface area contributed by atoms with E-state index in [9.17, 15) is 4.39 Å². The molecule has 4 aromatic rings. The van der Waals surface area contributed by atoms with Gasteiger partial charge in [-0.15, -0.1) is 0 Å². The quantitative estimate of drug-likeness (QED) is 0.456. The minimum atomic E-state index is -0.226. The van der Waals surface area contributed by atoms with Gasteiger partial charge in [0.1, 0.15) is 11.3 Å². The van der Waals surface area contributed by atoms with E-state index >= 15 is 0 Å². The Morgan fingerprint density at radius 2 is 1.85 bits per heavy atom. The standard InChI is InChI=1S/C21H18FN3S/c1-15-4-2-5-17(12-15)14-26-21-24-19-6-3-11-23-20(19)25(21)13-16-7-9-18(22)10-8-16/h2-12H,13-14H2,1H3. The predicted molar refractivity (Wildman–Crippen MR) is 104 cm³/mol. The number of halogens is 1. The number of aryl methyl sites for hydroxylation is 1. The molecule has 4 rings (SSSR count). The Hall–Kier alpha value is -2.66. The number of pyridine rings is 1. The van der Waals surface area contributed by atoms with Gasteiger partial charge >= 0.3 is 0 Å². The molecule has 130 valence electrons. The highest BCUT2D eigenvalue weighted by Gasteiger charge is 2.13. The summed E-state index contributed by atoms with van der Waals surface area (Å²) in [4.78, 5) is 9.25. The van der Waals surface area contributed by atoms with Crippen molar-refractivity contribution in [3.63, 3.8) is 0 Å². The molecule has 0 radical (unpaired) electrons. The lowest BCUT2D eigenvalue weighted by atomic mass is 10.2. The summed E-state index contributed by atoms with van der Waals surface area (Å²) in [6.07, 6.45) is 1.78. The molecule has 2 aromatic heterocycles. The van der Waals surface area contributed by atoms with Gasteiger partial charge in [0.05, 0.1) is 6.54 Å². The largest absolute Gasteiger partial charge is 0.299 e. The summed E-state index contributed by atoms with van der Waals surface area (Å²) in [6.45, 7) is 2.71. The van der Waals surface area contributed by atoms with Crippen LogP contribution in [-0.2, 0) is 12.3 Å². The van der Waals surface area contributed by atoms with Crippen LogP contribution in [0.25, 0.3) is 11.2 Å². The maximum Gasteiger partial charge on any atom is 0.170 e. The zero-order chi connectivity index (χ0) is 17.9. The minimum absolute atomic E-state index is 0.226. The Labute approximate surface area is 155 Å². The zero-order valence-corrected chi connectivity index (χ0v) is 15.2. The highest BCUT2D eigenvalue weighted by atomic mass is 32.2. The average Bonchev–Trinajstić information content (AvgIpc) is 3.00. The van der Waals surface area contributed by atoms with E-state index in [4.69, 9.17) is 4.98 Å². The summed E-state index contributed by atoms with van der Waals surface area (Å²) in [7, 11) is 0. The maximum atomic E-state index is 13.2. The summed E-state index contributed by atoms with van der Waals surface area (Å²) in [5, 5.41) is 0.921. The van der Waals surface area contributed by atoms with Gasteiger partial charge in [0.25, 0.3) is 0 Å². The molecule has 0 atom stereocenters. The van der Waals surface area contributed by atoms with Crippen LogP contribution in [0.5, 0.6) is 0 Å². The Bertz CT molecular complexity index is 1040. The van der Waals surface area contributed by atoms with E-state index in [1.54, 1.807) is 30.1 Å². The molecular formula is C21H18FN3S. The number of aromatic nitrogens is 3. The summed E-state index contributed by atoms with van der Waals surface area (Å²) in [5.74, 6) is 0.616. The number of fused-ring (bicyclic) bond motifs is 1. The van der Waals surface area contributed by atoms with Gasteiger partial charge in [0, 0.05) is 11.9 Å². The van der Waals surface area contributed by atoms with Crippen LogP contribution in [0, 0.1) is 12.7 Å². The molecule has 0 spiro atoms. The van der Waals surface area contributed by atoms with Crippen molar-refractivity contribution in [1.29, 1.82) is 0 Å². The molecule has 5 heteroatoms. The van der Waals surface area contributed by atoms with E-state index in [1.165, 1.54) is 23.3 Å². The molecule has 2 aromatic carbocycles. The van der Waals surface area contributed by atoms with Gasteiger partial charge in [-0.25, -0.2) is 14.4 Å². The van der Waals surface area contributed by atoms with E-state index in [1.807, 2.05) is 12.1 Å². The first kappa shape index (κ1) is 16.8. The number of rotatable bonds is 5. The van der Waals surface area contributed by atoms with Crippen LogP contribution in [0.15, 0.2) is 72.0 Å². The summed E-state index contributed by atoms with van der Waals surface area (Å²) in [5.41, 5.74) is 5.27. The first-order valence-corrected chi connectivity index (χ1v) is 9.42. The van der Waals surface area contributed by atoms with Crippen molar-refractivity contribution < 1.29 is 4.39 Å². The van der Waals surface area contributed by atoms with Gasteiger partial charge in [-0.3, -0.25) is 4.57 Å². The molecule has 3 nitrogen and oxygen atoms in total. The van der Waals surface area contributed by atoms with Crippen molar-refractivity contribution in [1.82, 2.24) is 14.5 Å². The molecule has 2 heterocycles. The van der Waals surface area contributed by atoms with Gasteiger partial charge in [0.15, 0.2) is 10.8 Å². The lowest BCUT2D eigenvalue weighted by molar-refractivity contribution is 0.625. The smallest absolute Gasteiger partial charge is 0.170 e. The van der Waals surface area contributed by atoms with E-state index in [-0.39, 0.29) is 5.82 Å². The Balaban J connectivity index is 1.65. The molecule has 0 saturated carbocycles. The number of hydrogen-bond donors (Lipinski definition) is 0. The second kappa shape index (κ2) is 7.30. The normalized spacial score (nSPS) is 11.2. The fourth-order valence-corrected chi connectivity index (χ4v) is 3.86. The van der Waals surface area contributed by atoms with Crippen LogP contribution < -0.4 is 0 Å². The Morgan fingerprint density at radius 1 is 1.00 bits per heavy atom. The van der Waals surface area contributed by atoms with Gasteiger partial charge in [-0.1, -0.05) is 53.7 Å². The third-order valence-electron chi connectivity index (χ3n) is 4.17. The van der Waals surface area contributed by atoms with E-state index < -0.39 is 0 Å². The molecule has 0 bridgehead atoms. The van der Waals surface area contributed by atoms with Crippen molar-refractivity contribution in [2.45, 2.75) is 24.4 Å². The molecule has 0 N–H and O–H groups in total. The van der Waals surface area contributed by atoms with Crippen LogP contribution in [0.2, 0.25) is 0 Å². The fourth-order valence-electron chi connectivity index (χ4n) is 2.91. The fraction of sp³-hybridized carbons (Fsp3) is 0.143. The Morgan fingerprint density at radius 3 is 2.65 bits per heavy atom. The van der Waals surface area contributed by atoms with E-state index in [2.05, 4.69) is 40.7 Å². The van der Waals surface area contributed by atoms with Gasteiger partial charge in [-0.05, 0) is 42.3 Å². The van der Waals surface area contributed by atoms with Crippen LogP contribution >= 0.6 is 11.8 Å². The highest BCUT2D eigenvalue weighted by Crippen LogP contribution is 2.27. The number of imidazole rings is 1. The molecule has 0 aliphatic carbocycles. The Kier molecular flexibility index (Phi) is 4.71. The lowest BCUT2D eigenvalue weighted by Gasteiger charge is -2.09. The van der Waals surface area contributed by atoms with Gasteiger partial charge in [-0.2, -0.15) is 0 Å².